The number of hydrazine groups is 1. The molecule has 68 valence electrons. The molecule has 5 nitrogen and oxygen atoms in total. The first kappa shape index (κ1) is 8.99. The highest BCUT2D eigenvalue weighted by Gasteiger charge is 2.19. The van der Waals surface area contributed by atoms with Crippen molar-refractivity contribution in [3.63, 3.8) is 0 Å². The van der Waals surface area contributed by atoms with E-state index in [9.17, 15) is 9.59 Å². The molecule has 1 heterocycles. The van der Waals surface area contributed by atoms with E-state index in [4.69, 9.17) is 0 Å². The zero-order valence-electron chi connectivity index (χ0n) is 7.00. The summed E-state index contributed by atoms with van der Waals surface area (Å²) in [7, 11) is 1.33. The number of carbonyl (C=O) groups excluding carboxylic acids is 2. The van der Waals surface area contributed by atoms with Crippen LogP contribution in [0.25, 0.3) is 0 Å². The van der Waals surface area contributed by atoms with E-state index in [1.807, 2.05) is 0 Å². The zero-order chi connectivity index (χ0) is 8.97. The van der Waals surface area contributed by atoms with Gasteiger partial charge in [0.25, 0.3) is 0 Å². The highest BCUT2D eigenvalue weighted by Crippen LogP contribution is 1.99. The van der Waals surface area contributed by atoms with Gasteiger partial charge in [-0.2, -0.15) is 0 Å². The number of hydrogen-bond donors (Lipinski definition) is 1. The summed E-state index contributed by atoms with van der Waals surface area (Å²) < 4.78 is 4.44. The highest BCUT2D eigenvalue weighted by atomic mass is 16.5. The standard InChI is InChI=1S/C7H12N2O3/c1-12-7(11)3-5-9-6(10)2-4-8-9/h8H,2-5H2,1H3. The molecule has 5 heteroatoms. The van der Waals surface area contributed by atoms with Crippen LogP contribution in [0.15, 0.2) is 0 Å². The first-order chi connectivity index (χ1) is 5.74. The third-order valence-electron chi connectivity index (χ3n) is 1.71. The number of esters is 1. The third kappa shape index (κ3) is 2.20. The number of ether oxygens (including phenoxy) is 1. The lowest BCUT2D eigenvalue weighted by molar-refractivity contribution is -0.141. The van der Waals surface area contributed by atoms with Gasteiger partial charge in [-0.25, -0.2) is 5.43 Å². The largest absolute Gasteiger partial charge is 0.469 e. The van der Waals surface area contributed by atoms with E-state index < -0.39 is 0 Å². The lowest BCUT2D eigenvalue weighted by atomic mass is 10.4. The topological polar surface area (TPSA) is 58.6 Å². The van der Waals surface area contributed by atoms with Crippen LogP contribution in [-0.4, -0.2) is 37.1 Å². The number of carbonyl (C=O) groups is 2. The average Bonchev–Trinajstić information content (AvgIpc) is 2.47. The molecule has 1 N–H and O–H groups in total. The Hall–Kier alpha value is -1.10. The Bertz CT molecular complexity index is 193. The Morgan fingerprint density at radius 3 is 3.00 bits per heavy atom. The molecule has 12 heavy (non-hydrogen) atoms. The fourth-order valence-electron chi connectivity index (χ4n) is 1.03. The fourth-order valence-corrected chi connectivity index (χ4v) is 1.03. The molecule has 1 amide bonds. The molecule has 0 spiro atoms. The van der Waals surface area contributed by atoms with Crippen LogP contribution < -0.4 is 5.43 Å². The molecular weight excluding hydrogens is 160 g/mol. The predicted molar refractivity (Wildman–Crippen MR) is 41.0 cm³/mol. The summed E-state index contributed by atoms with van der Waals surface area (Å²) in [4.78, 5) is 21.7. The summed E-state index contributed by atoms with van der Waals surface area (Å²) in [5.74, 6) is -0.254. The summed E-state index contributed by atoms with van der Waals surface area (Å²) in [6.07, 6.45) is 0.760. The summed E-state index contributed by atoms with van der Waals surface area (Å²) in [5, 5.41) is 1.46. The number of rotatable bonds is 3. The maximum atomic E-state index is 11.0. The molecule has 1 rings (SSSR count). The van der Waals surface area contributed by atoms with Crippen molar-refractivity contribution in [1.82, 2.24) is 10.4 Å². The van der Waals surface area contributed by atoms with Crippen LogP contribution in [0.3, 0.4) is 0 Å². The van der Waals surface area contributed by atoms with Crippen molar-refractivity contribution in [2.24, 2.45) is 0 Å². The molecule has 1 aliphatic heterocycles. The number of methoxy groups -OCH3 is 1. The van der Waals surface area contributed by atoms with Crippen LogP contribution in [-0.2, 0) is 14.3 Å². The first-order valence-electron chi connectivity index (χ1n) is 3.84. The van der Waals surface area contributed by atoms with Gasteiger partial charge < -0.3 is 4.74 Å². The fraction of sp³-hybridized carbons (Fsp3) is 0.714. The lowest BCUT2D eigenvalue weighted by Gasteiger charge is -2.13. The van der Waals surface area contributed by atoms with Gasteiger partial charge in [-0.1, -0.05) is 0 Å². The van der Waals surface area contributed by atoms with Crippen LogP contribution in [0.2, 0.25) is 0 Å². The summed E-state index contributed by atoms with van der Waals surface area (Å²) in [6, 6.07) is 0. The van der Waals surface area contributed by atoms with Crippen molar-refractivity contribution >= 4 is 11.9 Å². The van der Waals surface area contributed by atoms with E-state index >= 15 is 0 Å². The Balaban J connectivity index is 2.22. The second-order valence-electron chi connectivity index (χ2n) is 2.53. The second-order valence-corrected chi connectivity index (χ2v) is 2.53. The van der Waals surface area contributed by atoms with Crippen LogP contribution in [0.4, 0.5) is 0 Å². The molecule has 1 saturated heterocycles. The smallest absolute Gasteiger partial charge is 0.307 e. The maximum absolute atomic E-state index is 11.0. The Labute approximate surface area is 70.6 Å². The van der Waals surface area contributed by atoms with E-state index in [2.05, 4.69) is 10.2 Å². The van der Waals surface area contributed by atoms with Gasteiger partial charge in [0.1, 0.15) is 0 Å². The van der Waals surface area contributed by atoms with Crippen LogP contribution in [0.5, 0.6) is 0 Å². The van der Waals surface area contributed by atoms with Crippen molar-refractivity contribution in [1.29, 1.82) is 0 Å². The number of hydrogen-bond acceptors (Lipinski definition) is 4. The van der Waals surface area contributed by atoms with E-state index in [0.717, 1.165) is 0 Å². The molecule has 1 fully saturated rings. The van der Waals surface area contributed by atoms with Gasteiger partial charge >= 0.3 is 5.97 Å². The molecular formula is C7H12N2O3. The van der Waals surface area contributed by atoms with Crippen LogP contribution in [0, 0.1) is 0 Å². The Kier molecular flexibility index (Phi) is 3.04. The molecule has 1 aliphatic rings. The molecule has 0 aromatic rings. The number of nitrogens with one attached hydrogen (secondary N) is 1. The monoisotopic (exact) mass is 172 g/mol. The zero-order valence-corrected chi connectivity index (χ0v) is 7.00. The molecule has 0 bridgehead atoms. The third-order valence-corrected chi connectivity index (χ3v) is 1.71. The van der Waals surface area contributed by atoms with E-state index in [0.29, 0.717) is 19.5 Å². The quantitative estimate of drug-likeness (QED) is 0.571. The van der Waals surface area contributed by atoms with Crippen molar-refractivity contribution in [2.75, 3.05) is 20.2 Å². The van der Waals surface area contributed by atoms with E-state index in [1.54, 1.807) is 0 Å². The summed E-state index contributed by atoms with van der Waals surface area (Å²) in [5.41, 5.74) is 2.86. The first-order valence-corrected chi connectivity index (χ1v) is 3.84. The highest BCUT2D eigenvalue weighted by molar-refractivity contribution is 5.78. The number of amides is 1. The molecule has 0 aromatic heterocycles. The average molecular weight is 172 g/mol. The Morgan fingerprint density at radius 1 is 1.75 bits per heavy atom. The molecule has 0 radical (unpaired) electrons. The van der Waals surface area contributed by atoms with Crippen LogP contribution >= 0.6 is 0 Å². The van der Waals surface area contributed by atoms with Gasteiger partial charge in [0, 0.05) is 19.5 Å². The summed E-state index contributed by atoms with van der Waals surface area (Å²) >= 11 is 0. The SMILES string of the molecule is COC(=O)CCN1NCCC1=O. The Morgan fingerprint density at radius 2 is 2.50 bits per heavy atom. The van der Waals surface area contributed by atoms with Crippen LogP contribution in [0.1, 0.15) is 12.8 Å². The molecule has 0 atom stereocenters. The van der Waals surface area contributed by atoms with Gasteiger partial charge in [-0.05, 0) is 0 Å². The van der Waals surface area contributed by atoms with Crippen molar-refractivity contribution in [3.8, 4) is 0 Å². The van der Waals surface area contributed by atoms with Crippen molar-refractivity contribution in [3.05, 3.63) is 0 Å². The molecule has 0 aliphatic carbocycles. The number of nitrogens with zero attached hydrogens (tertiary/aromatic N) is 1. The van der Waals surface area contributed by atoms with Gasteiger partial charge in [0.2, 0.25) is 5.91 Å². The van der Waals surface area contributed by atoms with E-state index in [-0.39, 0.29) is 18.3 Å². The normalized spacial score (nSPS) is 16.8. The molecule has 0 unspecified atom stereocenters. The molecule has 0 saturated carbocycles. The van der Waals surface area contributed by atoms with Gasteiger partial charge in [-0.3, -0.25) is 14.6 Å². The minimum absolute atomic E-state index is 0.0407. The minimum Gasteiger partial charge on any atom is -0.469 e. The predicted octanol–water partition coefficient (Wildman–Crippen LogP) is -0.714. The van der Waals surface area contributed by atoms with Gasteiger partial charge in [-0.15, -0.1) is 0 Å². The molecule has 0 aromatic carbocycles. The second kappa shape index (κ2) is 4.06. The van der Waals surface area contributed by atoms with Crippen molar-refractivity contribution in [2.45, 2.75) is 12.8 Å². The van der Waals surface area contributed by atoms with Gasteiger partial charge in [0.05, 0.1) is 13.5 Å². The van der Waals surface area contributed by atoms with E-state index in [1.165, 1.54) is 12.1 Å². The minimum atomic E-state index is -0.295. The lowest BCUT2D eigenvalue weighted by Crippen LogP contribution is -2.36. The van der Waals surface area contributed by atoms with Gasteiger partial charge in [0.15, 0.2) is 0 Å². The summed E-state index contributed by atoms with van der Waals surface area (Å²) in [6.45, 7) is 1.06. The maximum Gasteiger partial charge on any atom is 0.307 e. The van der Waals surface area contributed by atoms with Crippen molar-refractivity contribution < 1.29 is 14.3 Å².